The van der Waals surface area contributed by atoms with E-state index in [-0.39, 0.29) is 5.92 Å². The molecule has 1 aliphatic carbocycles. The fourth-order valence-electron chi connectivity index (χ4n) is 3.12. The number of nitrogens with zero attached hydrogens (tertiary/aromatic N) is 5. The molecule has 1 aromatic carbocycles. The third-order valence-corrected chi connectivity index (χ3v) is 4.72. The molecule has 0 saturated heterocycles. The standard InChI is InChI=1S/C19H16ClN5/c20-15-3-1-2-14(10-15)17-12-22-19-9-8-18(24-25(17)19)23-16-6-4-13(11-21)5-7-16/h1-3,8-10,12-13H,4-7H2. The summed E-state index contributed by atoms with van der Waals surface area (Å²) in [5, 5.41) is 14.3. The van der Waals surface area contributed by atoms with Gasteiger partial charge in [-0.1, -0.05) is 23.7 Å². The molecule has 124 valence electrons. The van der Waals surface area contributed by atoms with E-state index < -0.39 is 0 Å². The van der Waals surface area contributed by atoms with Gasteiger partial charge >= 0.3 is 0 Å². The maximum Gasteiger partial charge on any atom is 0.172 e. The van der Waals surface area contributed by atoms with Crippen molar-refractivity contribution in [3.05, 3.63) is 47.6 Å². The number of rotatable bonds is 2. The van der Waals surface area contributed by atoms with Gasteiger partial charge in [0.25, 0.3) is 0 Å². The smallest absolute Gasteiger partial charge is 0.172 e. The second-order valence-electron chi connectivity index (χ2n) is 6.20. The van der Waals surface area contributed by atoms with Gasteiger partial charge in [0.05, 0.1) is 18.0 Å². The predicted octanol–water partition coefficient (Wildman–Crippen LogP) is 4.84. The van der Waals surface area contributed by atoms with Gasteiger partial charge in [0.15, 0.2) is 11.5 Å². The fourth-order valence-corrected chi connectivity index (χ4v) is 3.31. The van der Waals surface area contributed by atoms with Crippen LogP contribution >= 0.6 is 11.6 Å². The van der Waals surface area contributed by atoms with Crippen LogP contribution in [-0.4, -0.2) is 20.3 Å². The molecule has 6 heteroatoms. The van der Waals surface area contributed by atoms with Crippen LogP contribution < -0.4 is 0 Å². The summed E-state index contributed by atoms with van der Waals surface area (Å²) in [5.41, 5.74) is 3.73. The minimum atomic E-state index is 0.164. The molecule has 0 unspecified atom stereocenters. The van der Waals surface area contributed by atoms with Crippen LogP contribution in [0.3, 0.4) is 0 Å². The van der Waals surface area contributed by atoms with E-state index in [4.69, 9.17) is 21.9 Å². The molecule has 1 saturated carbocycles. The van der Waals surface area contributed by atoms with Crippen molar-refractivity contribution in [2.24, 2.45) is 10.9 Å². The third-order valence-electron chi connectivity index (χ3n) is 4.49. The molecule has 5 nitrogen and oxygen atoms in total. The molecule has 0 bridgehead atoms. The molecular formula is C19H16ClN5. The van der Waals surface area contributed by atoms with E-state index in [0.717, 1.165) is 48.3 Å². The molecule has 0 aliphatic heterocycles. The van der Waals surface area contributed by atoms with Crippen molar-refractivity contribution in [2.75, 3.05) is 0 Å². The summed E-state index contributed by atoms with van der Waals surface area (Å²) in [6.07, 6.45) is 5.29. The first-order valence-corrected chi connectivity index (χ1v) is 8.67. The van der Waals surface area contributed by atoms with Crippen molar-refractivity contribution < 1.29 is 0 Å². The molecule has 0 spiro atoms. The number of aliphatic imine (C=N–C) groups is 1. The Hall–Kier alpha value is -2.71. The number of halogens is 1. The first-order valence-electron chi connectivity index (χ1n) is 8.30. The summed E-state index contributed by atoms with van der Waals surface area (Å²) >= 11 is 6.10. The van der Waals surface area contributed by atoms with Crippen LogP contribution in [0.5, 0.6) is 0 Å². The van der Waals surface area contributed by atoms with E-state index in [0.29, 0.717) is 10.8 Å². The van der Waals surface area contributed by atoms with E-state index in [1.165, 1.54) is 0 Å². The molecule has 0 radical (unpaired) electrons. The van der Waals surface area contributed by atoms with Gasteiger partial charge in [0.1, 0.15) is 0 Å². The Morgan fingerprint density at radius 2 is 2.04 bits per heavy atom. The number of imidazole rings is 1. The van der Waals surface area contributed by atoms with E-state index in [2.05, 4.69) is 16.2 Å². The molecule has 25 heavy (non-hydrogen) atoms. The third kappa shape index (κ3) is 3.26. The van der Waals surface area contributed by atoms with Crippen LogP contribution in [0.15, 0.2) is 47.6 Å². The normalized spacial score (nSPS) is 17.4. The van der Waals surface area contributed by atoms with Gasteiger partial charge in [0.2, 0.25) is 0 Å². The molecule has 2 heterocycles. The van der Waals surface area contributed by atoms with Crippen LogP contribution in [-0.2, 0) is 0 Å². The van der Waals surface area contributed by atoms with Crippen molar-refractivity contribution >= 4 is 28.8 Å². The highest BCUT2D eigenvalue weighted by Crippen LogP contribution is 2.26. The molecule has 2 aromatic heterocycles. The highest BCUT2D eigenvalue weighted by molar-refractivity contribution is 6.30. The lowest BCUT2D eigenvalue weighted by Gasteiger charge is -2.16. The summed E-state index contributed by atoms with van der Waals surface area (Å²) in [6.45, 7) is 0. The number of nitriles is 1. The van der Waals surface area contributed by atoms with E-state index in [1.54, 1.807) is 10.7 Å². The summed E-state index contributed by atoms with van der Waals surface area (Å²) in [7, 11) is 0. The van der Waals surface area contributed by atoms with Crippen LogP contribution in [0.25, 0.3) is 16.9 Å². The summed E-state index contributed by atoms with van der Waals surface area (Å²) in [5.74, 6) is 0.830. The maximum absolute atomic E-state index is 9.00. The second kappa shape index (κ2) is 6.66. The van der Waals surface area contributed by atoms with Gasteiger partial charge in [-0.3, -0.25) is 0 Å². The number of fused-ring (bicyclic) bond motifs is 1. The Kier molecular flexibility index (Phi) is 4.21. The zero-order chi connectivity index (χ0) is 17.2. The predicted molar refractivity (Wildman–Crippen MR) is 98.1 cm³/mol. The maximum atomic E-state index is 9.00. The number of benzene rings is 1. The number of aromatic nitrogens is 3. The zero-order valence-electron chi connectivity index (χ0n) is 13.6. The molecule has 1 fully saturated rings. The average molecular weight is 350 g/mol. The summed E-state index contributed by atoms with van der Waals surface area (Å²) in [6, 6.07) is 13.8. The SMILES string of the molecule is N#CC1CCC(=Nc2ccc3ncc(-c4cccc(Cl)c4)n3n2)CC1. The van der Waals surface area contributed by atoms with Gasteiger partial charge in [-0.25, -0.2) is 14.5 Å². The monoisotopic (exact) mass is 349 g/mol. The van der Waals surface area contributed by atoms with Crippen molar-refractivity contribution in [3.63, 3.8) is 0 Å². The minimum Gasteiger partial charge on any atom is -0.237 e. The van der Waals surface area contributed by atoms with Crippen LogP contribution in [0.1, 0.15) is 25.7 Å². The Bertz CT molecular complexity index is 988. The van der Waals surface area contributed by atoms with Crippen molar-refractivity contribution in [3.8, 4) is 17.3 Å². The van der Waals surface area contributed by atoms with Gasteiger partial charge in [-0.05, 0) is 49.9 Å². The Balaban J connectivity index is 1.68. The topological polar surface area (TPSA) is 66.3 Å². The van der Waals surface area contributed by atoms with Crippen LogP contribution in [0.4, 0.5) is 5.82 Å². The molecule has 0 amide bonds. The Labute approximate surface area is 150 Å². The largest absolute Gasteiger partial charge is 0.237 e. The highest BCUT2D eigenvalue weighted by Gasteiger charge is 2.17. The quantitative estimate of drug-likeness (QED) is 0.665. The van der Waals surface area contributed by atoms with Crippen molar-refractivity contribution in [1.82, 2.24) is 14.6 Å². The van der Waals surface area contributed by atoms with E-state index in [1.807, 2.05) is 36.4 Å². The molecule has 1 aliphatic rings. The first-order chi connectivity index (χ1) is 12.2. The Morgan fingerprint density at radius 1 is 1.20 bits per heavy atom. The van der Waals surface area contributed by atoms with Gasteiger partial charge in [-0.2, -0.15) is 5.26 Å². The molecule has 4 rings (SSSR count). The molecule has 0 N–H and O–H groups in total. The van der Waals surface area contributed by atoms with Gasteiger partial charge < -0.3 is 0 Å². The first kappa shape index (κ1) is 15.8. The van der Waals surface area contributed by atoms with Gasteiger partial charge in [-0.15, -0.1) is 5.10 Å². The lowest BCUT2D eigenvalue weighted by Crippen LogP contribution is -2.12. The lowest BCUT2D eigenvalue weighted by molar-refractivity contribution is 0.545. The highest BCUT2D eigenvalue weighted by atomic mass is 35.5. The molecular weight excluding hydrogens is 334 g/mol. The van der Waals surface area contributed by atoms with Crippen molar-refractivity contribution in [2.45, 2.75) is 25.7 Å². The minimum absolute atomic E-state index is 0.164. The van der Waals surface area contributed by atoms with Crippen LogP contribution in [0, 0.1) is 17.2 Å². The molecule has 0 atom stereocenters. The van der Waals surface area contributed by atoms with Gasteiger partial charge in [0, 0.05) is 22.2 Å². The van der Waals surface area contributed by atoms with E-state index >= 15 is 0 Å². The van der Waals surface area contributed by atoms with Crippen LogP contribution in [0.2, 0.25) is 5.02 Å². The Morgan fingerprint density at radius 3 is 2.80 bits per heavy atom. The van der Waals surface area contributed by atoms with Crippen molar-refractivity contribution in [1.29, 1.82) is 5.26 Å². The number of hydrogen-bond donors (Lipinski definition) is 0. The second-order valence-corrected chi connectivity index (χ2v) is 6.63. The fraction of sp³-hybridized carbons (Fsp3) is 0.263. The number of hydrogen-bond acceptors (Lipinski definition) is 4. The van der Waals surface area contributed by atoms with E-state index in [9.17, 15) is 0 Å². The molecule has 3 aromatic rings. The average Bonchev–Trinajstić information content (AvgIpc) is 3.06. The summed E-state index contributed by atoms with van der Waals surface area (Å²) < 4.78 is 1.80. The zero-order valence-corrected chi connectivity index (χ0v) is 14.3. The lowest BCUT2D eigenvalue weighted by atomic mass is 9.89. The summed E-state index contributed by atoms with van der Waals surface area (Å²) in [4.78, 5) is 9.10.